The molecular formula is C16H20N2O3S. The van der Waals surface area contributed by atoms with Gasteiger partial charge in [0, 0.05) is 18.9 Å². The minimum atomic E-state index is -3.53. The van der Waals surface area contributed by atoms with Gasteiger partial charge in [-0.1, -0.05) is 32.0 Å². The van der Waals surface area contributed by atoms with Crippen molar-refractivity contribution in [3.05, 3.63) is 54.4 Å². The van der Waals surface area contributed by atoms with Crippen molar-refractivity contribution in [3.63, 3.8) is 0 Å². The maximum absolute atomic E-state index is 12.0. The number of hydrogen-bond acceptors (Lipinski definition) is 4. The van der Waals surface area contributed by atoms with Crippen LogP contribution < -0.4 is 9.46 Å². The average Bonchev–Trinajstić information content (AvgIpc) is 2.53. The van der Waals surface area contributed by atoms with E-state index in [1.807, 2.05) is 24.3 Å². The van der Waals surface area contributed by atoms with E-state index < -0.39 is 10.0 Å². The van der Waals surface area contributed by atoms with Gasteiger partial charge in [-0.15, -0.1) is 0 Å². The Hall–Kier alpha value is -1.92. The highest BCUT2D eigenvalue weighted by Crippen LogP contribution is 2.25. The minimum absolute atomic E-state index is 0.151. The highest BCUT2D eigenvalue weighted by atomic mass is 32.2. The standard InChI is InChI=1S/C16H20N2O3S/c1-13(2)15-7-3-4-8-16(15)21-11-10-18-22(19,20)14-6-5-9-17-12-14/h3-9,12-13,18H,10-11H2,1-2H3. The summed E-state index contributed by atoms with van der Waals surface area (Å²) in [5, 5.41) is 0. The topological polar surface area (TPSA) is 68.3 Å². The van der Waals surface area contributed by atoms with Gasteiger partial charge in [-0.25, -0.2) is 13.1 Å². The van der Waals surface area contributed by atoms with Crippen molar-refractivity contribution >= 4 is 10.0 Å². The van der Waals surface area contributed by atoms with Crippen LogP contribution in [0.15, 0.2) is 53.7 Å². The molecule has 0 aliphatic rings. The van der Waals surface area contributed by atoms with Gasteiger partial charge in [0.25, 0.3) is 0 Å². The number of hydrogen-bond donors (Lipinski definition) is 1. The first-order valence-electron chi connectivity index (χ1n) is 7.12. The van der Waals surface area contributed by atoms with Gasteiger partial charge in [-0.05, 0) is 29.7 Å². The van der Waals surface area contributed by atoms with E-state index in [4.69, 9.17) is 4.74 Å². The van der Waals surface area contributed by atoms with E-state index in [2.05, 4.69) is 23.6 Å². The predicted molar refractivity (Wildman–Crippen MR) is 85.5 cm³/mol. The van der Waals surface area contributed by atoms with Gasteiger partial charge in [0.05, 0.1) is 0 Å². The van der Waals surface area contributed by atoms with E-state index in [-0.39, 0.29) is 18.0 Å². The van der Waals surface area contributed by atoms with Crippen LogP contribution in [0.4, 0.5) is 0 Å². The Morgan fingerprint density at radius 3 is 2.64 bits per heavy atom. The maximum Gasteiger partial charge on any atom is 0.242 e. The molecule has 2 aromatic rings. The van der Waals surface area contributed by atoms with Crippen LogP contribution in [0.1, 0.15) is 25.3 Å². The number of nitrogens with one attached hydrogen (secondary N) is 1. The number of sulfonamides is 1. The van der Waals surface area contributed by atoms with Crippen molar-refractivity contribution in [1.29, 1.82) is 0 Å². The third kappa shape index (κ3) is 4.29. The third-order valence-corrected chi connectivity index (χ3v) is 4.58. The van der Waals surface area contributed by atoms with Crippen LogP contribution in [-0.2, 0) is 10.0 Å². The lowest BCUT2D eigenvalue weighted by Crippen LogP contribution is -2.28. The van der Waals surface area contributed by atoms with Crippen molar-refractivity contribution < 1.29 is 13.2 Å². The lowest BCUT2D eigenvalue weighted by molar-refractivity contribution is 0.318. The molecule has 1 aromatic heterocycles. The number of pyridine rings is 1. The molecule has 2 rings (SSSR count). The number of benzene rings is 1. The summed E-state index contributed by atoms with van der Waals surface area (Å²) < 4.78 is 32.2. The smallest absolute Gasteiger partial charge is 0.242 e. The van der Waals surface area contributed by atoms with Gasteiger partial charge in [0.15, 0.2) is 0 Å². The number of aromatic nitrogens is 1. The average molecular weight is 320 g/mol. The zero-order valence-corrected chi connectivity index (χ0v) is 13.5. The molecule has 1 N–H and O–H groups in total. The van der Waals surface area contributed by atoms with Crippen LogP contribution >= 0.6 is 0 Å². The summed E-state index contributed by atoms with van der Waals surface area (Å²) in [5.41, 5.74) is 1.11. The van der Waals surface area contributed by atoms with Crippen LogP contribution in [0.25, 0.3) is 0 Å². The normalized spacial score (nSPS) is 11.6. The summed E-state index contributed by atoms with van der Waals surface area (Å²) in [7, 11) is -3.53. The van der Waals surface area contributed by atoms with Gasteiger partial charge < -0.3 is 4.74 Å². The molecule has 0 fully saturated rings. The third-order valence-electron chi connectivity index (χ3n) is 3.14. The molecule has 1 aromatic carbocycles. The Morgan fingerprint density at radius 1 is 1.18 bits per heavy atom. The summed E-state index contributed by atoms with van der Waals surface area (Å²) in [5.74, 6) is 1.14. The Morgan fingerprint density at radius 2 is 1.95 bits per heavy atom. The molecule has 1 heterocycles. The van der Waals surface area contributed by atoms with Gasteiger partial charge >= 0.3 is 0 Å². The van der Waals surface area contributed by atoms with Gasteiger partial charge in [0.2, 0.25) is 10.0 Å². The van der Waals surface area contributed by atoms with Crippen molar-refractivity contribution in [2.75, 3.05) is 13.2 Å². The molecule has 0 aliphatic heterocycles. The highest BCUT2D eigenvalue weighted by Gasteiger charge is 2.13. The summed E-state index contributed by atoms with van der Waals surface area (Å²) in [4.78, 5) is 3.96. The fourth-order valence-corrected chi connectivity index (χ4v) is 2.99. The molecule has 22 heavy (non-hydrogen) atoms. The lowest BCUT2D eigenvalue weighted by atomic mass is 10.0. The van der Waals surface area contributed by atoms with Crippen molar-refractivity contribution in [1.82, 2.24) is 9.71 Å². The predicted octanol–water partition coefficient (Wildman–Crippen LogP) is 2.56. The fourth-order valence-electron chi connectivity index (χ4n) is 2.02. The van der Waals surface area contributed by atoms with E-state index in [1.165, 1.54) is 18.5 Å². The minimum Gasteiger partial charge on any atom is -0.492 e. The number of para-hydroxylation sites is 1. The van der Waals surface area contributed by atoms with E-state index in [0.717, 1.165) is 11.3 Å². The van der Waals surface area contributed by atoms with Crippen LogP contribution in [0.2, 0.25) is 0 Å². The maximum atomic E-state index is 12.0. The Balaban J connectivity index is 1.90. The Bertz CT molecular complexity index is 700. The second kappa shape index (κ2) is 7.38. The summed E-state index contributed by atoms with van der Waals surface area (Å²) in [6.45, 7) is 4.65. The van der Waals surface area contributed by atoms with E-state index >= 15 is 0 Å². The first-order chi connectivity index (χ1) is 10.5. The molecule has 0 unspecified atom stereocenters. The molecule has 0 aliphatic carbocycles. The van der Waals surface area contributed by atoms with Gasteiger partial charge in [-0.3, -0.25) is 4.98 Å². The molecule has 0 amide bonds. The molecule has 0 saturated heterocycles. The van der Waals surface area contributed by atoms with Crippen molar-refractivity contribution in [2.24, 2.45) is 0 Å². The number of nitrogens with zero attached hydrogens (tertiary/aromatic N) is 1. The van der Waals surface area contributed by atoms with Crippen molar-refractivity contribution in [2.45, 2.75) is 24.7 Å². The zero-order valence-electron chi connectivity index (χ0n) is 12.7. The quantitative estimate of drug-likeness (QED) is 0.796. The second-order valence-electron chi connectivity index (χ2n) is 5.13. The molecule has 0 bridgehead atoms. The lowest BCUT2D eigenvalue weighted by Gasteiger charge is -2.14. The van der Waals surface area contributed by atoms with Crippen LogP contribution in [0, 0.1) is 0 Å². The van der Waals surface area contributed by atoms with E-state index in [0.29, 0.717) is 5.92 Å². The van der Waals surface area contributed by atoms with Gasteiger partial charge in [-0.2, -0.15) is 0 Å². The number of ether oxygens (including phenoxy) is 1. The zero-order chi connectivity index (χ0) is 16.0. The number of rotatable bonds is 7. The molecule has 0 atom stereocenters. The van der Waals surface area contributed by atoms with Crippen LogP contribution in [0.5, 0.6) is 5.75 Å². The first kappa shape index (κ1) is 16.5. The van der Waals surface area contributed by atoms with Gasteiger partial charge in [0.1, 0.15) is 17.3 Å². The monoisotopic (exact) mass is 320 g/mol. The Kier molecular flexibility index (Phi) is 5.51. The van der Waals surface area contributed by atoms with Crippen molar-refractivity contribution in [3.8, 4) is 5.75 Å². The largest absolute Gasteiger partial charge is 0.492 e. The van der Waals surface area contributed by atoms with E-state index in [1.54, 1.807) is 6.07 Å². The highest BCUT2D eigenvalue weighted by molar-refractivity contribution is 7.89. The molecule has 118 valence electrons. The molecule has 5 nitrogen and oxygen atoms in total. The molecule has 0 spiro atoms. The van der Waals surface area contributed by atoms with Crippen LogP contribution in [-0.4, -0.2) is 26.6 Å². The van der Waals surface area contributed by atoms with E-state index in [9.17, 15) is 8.42 Å². The summed E-state index contributed by atoms with van der Waals surface area (Å²) in [6, 6.07) is 10.9. The molecule has 6 heteroatoms. The molecule has 0 radical (unpaired) electrons. The van der Waals surface area contributed by atoms with Crippen LogP contribution in [0.3, 0.4) is 0 Å². The molecule has 0 saturated carbocycles. The second-order valence-corrected chi connectivity index (χ2v) is 6.89. The molecular weight excluding hydrogens is 300 g/mol. The summed E-state index contributed by atoms with van der Waals surface area (Å²) >= 11 is 0. The fraction of sp³-hybridized carbons (Fsp3) is 0.312. The summed E-state index contributed by atoms with van der Waals surface area (Å²) in [6.07, 6.45) is 2.85. The first-order valence-corrected chi connectivity index (χ1v) is 8.60. The SMILES string of the molecule is CC(C)c1ccccc1OCCNS(=O)(=O)c1cccnc1. The Labute approximate surface area is 131 Å².